The van der Waals surface area contributed by atoms with Crippen LogP contribution in [0.5, 0.6) is 0 Å². The Morgan fingerprint density at radius 2 is 2.04 bits per heavy atom. The van der Waals surface area contributed by atoms with E-state index in [0.717, 1.165) is 50.3 Å². The van der Waals surface area contributed by atoms with Crippen molar-refractivity contribution in [3.8, 4) is 0 Å². The Hall–Kier alpha value is -2.27. The number of amides is 1. The molecule has 4 rings (SSSR count). The first-order valence-corrected chi connectivity index (χ1v) is 10.0. The molecule has 5 nitrogen and oxygen atoms in total. The van der Waals surface area contributed by atoms with Crippen molar-refractivity contribution in [3.05, 3.63) is 60.2 Å². The Morgan fingerprint density at radius 3 is 2.85 bits per heavy atom. The Balaban J connectivity index is 1.38. The van der Waals surface area contributed by atoms with E-state index in [0.29, 0.717) is 13.0 Å². The molecule has 2 aliphatic heterocycles. The van der Waals surface area contributed by atoms with E-state index in [2.05, 4.69) is 38.0 Å². The number of carbonyl (C=O) groups excluding carboxylic acids is 1. The predicted molar refractivity (Wildman–Crippen MR) is 105 cm³/mol. The van der Waals surface area contributed by atoms with Crippen molar-refractivity contribution in [1.82, 2.24) is 19.8 Å². The van der Waals surface area contributed by atoms with Gasteiger partial charge in [0, 0.05) is 68.7 Å². The van der Waals surface area contributed by atoms with E-state index < -0.39 is 0 Å². The smallest absolute Gasteiger partial charge is 0.222 e. The Kier molecular flexibility index (Phi) is 5.48. The van der Waals surface area contributed by atoms with Crippen molar-refractivity contribution in [2.45, 2.75) is 38.6 Å². The lowest BCUT2D eigenvalue weighted by molar-refractivity contribution is -0.140. The number of aromatic nitrogens is 2. The van der Waals surface area contributed by atoms with Crippen LogP contribution in [-0.2, 0) is 17.8 Å². The monoisotopic (exact) mass is 364 g/mol. The predicted octanol–water partition coefficient (Wildman–Crippen LogP) is 2.92. The normalized spacial score (nSPS) is 23.7. The number of hydrogen-bond acceptors (Lipinski definition) is 4. The molecule has 2 saturated heterocycles. The van der Waals surface area contributed by atoms with E-state index in [-0.39, 0.29) is 11.3 Å². The molecule has 0 aliphatic carbocycles. The van der Waals surface area contributed by atoms with Gasteiger partial charge in [0.1, 0.15) is 0 Å². The van der Waals surface area contributed by atoms with Crippen LogP contribution < -0.4 is 0 Å². The molecule has 0 aromatic carbocycles. The van der Waals surface area contributed by atoms with Crippen molar-refractivity contribution in [3.63, 3.8) is 0 Å². The summed E-state index contributed by atoms with van der Waals surface area (Å²) in [7, 11) is 0. The van der Waals surface area contributed by atoms with Gasteiger partial charge in [0.15, 0.2) is 0 Å². The highest BCUT2D eigenvalue weighted by Crippen LogP contribution is 2.39. The summed E-state index contributed by atoms with van der Waals surface area (Å²) in [6.45, 7) is 4.86. The summed E-state index contributed by atoms with van der Waals surface area (Å²) >= 11 is 0. The lowest BCUT2D eigenvalue weighted by Gasteiger charge is -2.48. The largest absolute Gasteiger partial charge is 0.338 e. The van der Waals surface area contributed by atoms with Gasteiger partial charge in [-0.2, -0.15) is 0 Å². The molecule has 1 amide bonds. The van der Waals surface area contributed by atoms with Gasteiger partial charge in [-0.3, -0.25) is 14.8 Å². The summed E-state index contributed by atoms with van der Waals surface area (Å²) < 4.78 is 0. The van der Waals surface area contributed by atoms with Gasteiger partial charge in [0.05, 0.1) is 0 Å². The van der Waals surface area contributed by atoms with Crippen LogP contribution in [0.4, 0.5) is 0 Å². The van der Waals surface area contributed by atoms with Gasteiger partial charge >= 0.3 is 0 Å². The zero-order chi connectivity index (χ0) is 18.5. The molecule has 142 valence electrons. The van der Waals surface area contributed by atoms with E-state index in [1.807, 2.05) is 24.5 Å². The lowest BCUT2D eigenvalue weighted by Crippen LogP contribution is -2.54. The van der Waals surface area contributed by atoms with E-state index in [4.69, 9.17) is 0 Å². The van der Waals surface area contributed by atoms with Crippen LogP contribution in [0.3, 0.4) is 0 Å². The maximum atomic E-state index is 12.5. The molecular weight excluding hydrogens is 336 g/mol. The highest BCUT2D eigenvalue weighted by molar-refractivity contribution is 5.77. The molecule has 4 heterocycles. The van der Waals surface area contributed by atoms with Crippen LogP contribution in [0, 0.1) is 5.41 Å². The van der Waals surface area contributed by atoms with Crippen LogP contribution >= 0.6 is 0 Å². The average Bonchev–Trinajstić information content (AvgIpc) is 2.71. The summed E-state index contributed by atoms with van der Waals surface area (Å²) in [6.07, 6.45) is 10.7. The van der Waals surface area contributed by atoms with Crippen molar-refractivity contribution < 1.29 is 4.79 Å². The Bertz CT molecular complexity index is 751. The highest BCUT2D eigenvalue weighted by Gasteiger charge is 2.41. The fourth-order valence-electron chi connectivity index (χ4n) is 4.61. The van der Waals surface area contributed by atoms with Crippen LogP contribution in [0.1, 0.15) is 36.9 Å². The summed E-state index contributed by atoms with van der Waals surface area (Å²) in [4.78, 5) is 25.8. The zero-order valence-corrected chi connectivity index (χ0v) is 15.9. The number of rotatable bonds is 5. The fraction of sp³-hybridized carbons (Fsp3) is 0.500. The van der Waals surface area contributed by atoms with E-state index >= 15 is 0 Å². The number of likely N-dealkylation sites (tertiary alicyclic amines) is 2. The number of pyridine rings is 2. The molecular formula is C22H28N4O. The molecule has 0 saturated carbocycles. The number of nitrogens with zero attached hydrogens (tertiary/aromatic N) is 4. The van der Waals surface area contributed by atoms with Crippen molar-refractivity contribution in [1.29, 1.82) is 0 Å². The van der Waals surface area contributed by atoms with Gasteiger partial charge in [-0.25, -0.2) is 0 Å². The topological polar surface area (TPSA) is 49.3 Å². The molecule has 0 bridgehead atoms. The van der Waals surface area contributed by atoms with Crippen molar-refractivity contribution in [2.24, 2.45) is 5.41 Å². The van der Waals surface area contributed by atoms with Gasteiger partial charge in [0.25, 0.3) is 0 Å². The number of carbonyl (C=O) groups is 1. The van der Waals surface area contributed by atoms with E-state index in [1.54, 1.807) is 6.20 Å². The minimum absolute atomic E-state index is 0.248. The maximum absolute atomic E-state index is 12.5. The summed E-state index contributed by atoms with van der Waals surface area (Å²) in [5.74, 6) is 0.287. The third kappa shape index (κ3) is 4.53. The minimum Gasteiger partial charge on any atom is -0.338 e. The second-order valence-electron chi connectivity index (χ2n) is 8.06. The second-order valence-corrected chi connectivity index (χ2v) is 8.06. The summed E-state index contributed by atoms with van der Waals surface area (Å²) in [5, 5.41) is 0. The SMILES string of the molecule is O=C1CCC2(CCCN(CCc3ccccn3)C2)CN1Cc1cccnc1. The van der Waals surface area contributed by atoms with Crippen molar-refractivity contribution in [2.75, 3.05) is 26.2 Å². The quantitative estimate of drug-likeness (QED) is 0.819. The van der Waals surface area contributed by atoms with Crippen LogP contribution in [0.2, 0.25) is 0 Å². The van der Waals surface area contributed by atoms with E-state index in [1.165, 1.54) is 12.8 Å². The highest BCUT2D eigenvalue weighted by atomic mass is 16.2. The van der Waals surface area contributed by atoms with Gasteiger partial charge in [-0.05, 0) is 49.6 Å². The average molecular weight is 364 g/mol. The van der Waals surface area contributed by atoms with Gasteiger partial charge in [-0.15, -0.1) is 0 Å². The Labute approximate surface area is 161 Å². The minimum atomic E-state index is 0.248. The third-order valence-electron chi connectivity index (χ3n) is 6.00. The van der Waals surface area contributed by atoms with Crippen molar-refractivity contribution >= 4 is 5.91 Å². The van der Waals surface area contributed by atoms with Gasteiger partial charge in [0.2, 0.25) is 5.91 Å². The fourth-order valence-corrected chi connectivity index (χ4v) is 4.61. The molecule has 0 N–H and O–H groups in total. The number of piperidine rings is 2. The zero-order valence-electron chi connectivity index (χ0n) is 15.9. The van der Waals surface area contributed by atoms with E-state index in [9.17, 15) is 4.79 Å². The van der Waals surface area contributed by atoms with Crippen LogP contribution in [0.25, 0.3) is 0 Å². The summed E-state index contributed by atoms with van der Waals surface area (Å²) in [6, 6.07) is 10.1. The number of hydrogen-bond donors (Lipinski definition) is 0. The molecule has 1 spiro atoms. The molecule has 1 atom stereocenters. The molecule has 2 aromatic rings. The third-order valence-corrected chi connectivity index (χ3v) is 6.00. The standard InChI is InChI=1S/C22H28N4O/c27-21-7-10-22(18-26(21)16-19-5-3-11-23-15-19)9-4-13-25(17-22)14-8-20-6-1-2-12-24-20/h1-3,5-6,11-12,15H,4,7-10,13-14,16-18H2. The van der Waals surface area contributed by atoms with Crippen LogP contribution in [-0.4, -0.2) is 51.9 Å². The summed E-state index contributed by atoms with van der Waals surface area (Å²) in [5.41, 5.74) is 2.53. The lowest BCUT2D eigenvalue weighted by atomic mass is 9.73. The molecule has 0 radical (unpaired) electrons. The molecule has 1 unspecified atom stereocenters. The second kappa shape index (κ2) is 8.17. The maximum Gasteiger partial charge on any atom is 0.222 e. The first-order chi connectivity index (χ1) is 13.2. The first kappa shape index (κ1) is 18.1. The Morgan fingerprint density at radius 1 is 1.07 bits per heavy atom. The van der Waals surface area contributed by atoms with Gasteiger partial charge in [-0.1, -0.05) is 12.1 Å². The molecule has 2 aromatic heterocycles. The first-order valence-electron chi connectivity index (χ1n) is 10.0. The molecule has 27 heavy (non-hydrogen) atoms. The van der Waals surface area contributed by atoms with Gasteiger partial charge < -0.3 is 9.80 Å². The molecule has 2 aliphatic rings. The molecule has 5 heteroatoms. The molecule has 2 fully saturated rings. The van der Waals surface area contributed by atoms with Crippen LogP contribution in [0.15, 0.2) is 48.9 Å².